The second-order valence-electron chi connectivity index (χ2n) is 4.91. The summed E-state index contributed by atoms with van der Waals surface area (Å²) in [5.74, 6) is 0. The van der Waals surface area contributed by atoms with Crippen LogP contribution in [0.25, 0.3) is 11.3 Å². The highest BCUT2D eigenvalue weighted by Crippen LogP contribution is 2.28. The lowest BCUT2D eigenvalue weighted by atomic mass is 10.1. The summed E-state index contributed by atoms with van der Waals surface area (Å²) in [5, 5.41) is 3.23. The van der Waals surface area contributed by atoms with Crippen LogP contribution in [0.3, 0.4) is 0 Å². The van der Waals surface area contributed by atoms with Crippen LogP contribution in [0.15, 0.2) is 29.6 Å². The zero-order valence-corrected chi connectivity index (χ0v) is 11.7. The van der Waals surface area contributed by atoms with Crippen molar-refractivity contribution < 1.29 is 4.74 Å². The Hall–Kier alpha value is -1.39. The summed E-state index contributed by atoms with van der Waals surface area (Å²) < 4.78 is 5.76. The SMILES string of the molecule is Nc1ccccc1-c1csc(CC2CCCCO2)n1. The number of hydrogen-bond donors (Lipinski definition) is 1. The summed E-state index contributed by atoms with van der Waals surface area (Å²) in [6.45, 7) is 0.897. The minimum Gasteiger partial charge on any atom is -0.398 e. The van der Waals surface area contributed by atoms with Gasteiger partial charge in [0, 0.05) is 29.7 Å². The molecule has 0 spiro atoms. The van der Waals surface area contributed by atoms with E-state index in [-0.39, 0.29) is 0 Å². The lowest BCUT2D eigenvalue weighted by Crippen LogP contribution is -2.21. The van der Waals surface area contributed by atoms with Crippen molar-refractivity contribution in [2.75, 3.05) is 12.3 Å². The lowest BCUT2D eigenvalue weighted by molar-refractivity contribution is 0.0168. The number of hydrogen-bond acceptors (Lipinski definition) is 4. The van der Waals surface area contributed by atoms with E-state index in [1.807, 2.05) is 24.3 Å². The molecule has 1 fully saturated rings. The first-order chi connectivity index (χ1) is 9.33. The number of nitrogens with zero attached hydrogens (tertiary/aromatic N) is 1. The summed E-state index contributed by atoms with van der Waals surface area (Å²) in [6, 6.07) is 7.88. The normalized spacial score (nSPS) is 19.5. The molecule has 2 N–H and O–H groups in total. The topological polar surface area (TPSA) is 48.1 Å². The Labute approximate surface area is 117 Å². The van der Waals surface area contributed by atoms with Gasteiger partial charge in [0.15, 0.2) is 0 Å². The molecule has 1 aliphatic rings. The minimum atomic E-state index is 0.348. The number of para-hydroxylation sites is 1. The fourth-order valence-electron chi connectivity index (χ4n) is 2.42. The molecule has 0 amide bonds. The summed E-state index contributed by atoms with van der Waals surface area (Å²) in [5.41, 5.74) is 8.77. The van der Waals surface area contributed by atoms with Crippen LogP contribution in [0.5, 0.6) is 0 Å². The Balaban J connectivity index is 1.74. The molecule has 1 aromatic heterocycles. The molecular formula is C15H18N2OS. The standard InChI is InChI=1S/C15H18N2OS/c16-13-7-2-1-6-12(13)14-10-19-15(17-14)9-11-5-3-4-8-18-11/h1-2,6-7,10-11H,3-5,8-9,16H2. The summed E-state index contributed by atoms with van der Waals surface area (Å²) >= 11 is 1.70. The van der Waals surface area contributed by atoms with Crippen LogP contribution in [-0.4, -0.2) is 17.7 Å². The number of nitrogen functional groups attached to an aromatic ring is 1. The van der Waals surface area contributed by atoms with E-state index in [4.69, 9.17) is 15.5 Å². The number of benzene rings is 1. The molecule has 0 bridgehead atoms. The molecule has 1 unspecified atom stereocenters. The van der Waals surface area contributed by atoms with Crippen molar-refractivity contribution in [1.82, 2.24) is 4.98 Å². The highest BCUT2D eigenvalue weighted by atomic mass is 32.1. The van der Waals surface area contributed by atoms with E-state index in [1.165, 1.54) is 12.8 Å². The highest BCUT2D eigenvalue weighted by Gasteiger charge is 2.16. The van der Waals surface area contributed by atoms with E-state index >= 15 is 0 Å². The number of anilines is 1. The van der Waals surface area contributed by atoms with E-state index in [2.05, 4.69) is 5.38 Å². The monoisotopic (exact) mass is 274 g/mol. The molecule has 0 aliphatic carbocycles. The largest absolute Gasteiger partial charge is 0.398 e. The summed E-state index contributed by atoms with van der Waals surface area (Å²) in [7, 11) is 0. The van der Waals surface area contributed by atoms with Gasteiger partial charge in [-0.05, 0) is 25.3 Å². The molecule has 3 nitrogen and oxygen atoms in total. The molecule has 0 saturated carbocycles. The van der Waals surface area contributed by atoms with Gasteiger partial charge in [-0.3, -0.25) is 0 Å². The Kier molecular flexibility index (Phi) is 3.80. The van der Waals surface area contributed by atoms with E-state index in [0.717, 1.165) is 41.4 Å². The van der Waals surface area contributed by atoms with Crippen LogP contribution in [0, 0.1) is 0 Å². The second-order valence-corrected chi connectivity index (χ2v) is 5.85. The van der Waals surface area contributed by atoms with Gasteiger partial charge in [0.05, 0.1) is 16.8 Å². The van der Waals surface area contributed by atoms with Crippen LogP contribution < -0.4 is 5.73 Å². The summed E-state index contributed by atoms with van der Waals surface area (Å²) in [6.07, 6.45) is 4.90. The number of nitrogens with two attached hydrogens (primary N) is 1. The Bertz CT molecular complexity index is 547. The van der Waals surface area contributed by atoms with E-state index in [0.29, 0.717) is 6.10 Å². The fourth-order valence-corrected chi connectivity index (χ4v) is 3.28. The maximum absolute atomic E-state index is 5.99. The molecule has 1 saturated heterocycles. The van der Waals surface area contributed by atoms with Crippen molar-refractivity contribution in [2.24, 2.45) is 0 Å². The van der Waals surface area contributed by atoms with Gasteiger partial charge in [-0.25, -0.2) is 4.98 Å². The average Bonchev–Trinajstić information content (AvgIpc) is 2.89. The minimum absolute atomic E-state index is 0.348. The molecule has 0 radical (unpaired) electrons. The first-order valence-corrected chi connectivity index (χ1v) is 7.62. The van der Waals surface area contributed by atoms with Crippen LogP contribution in [0.4, 0.5) is 5.69 Å². The van der Waals surface area contributed by atoms with Crippen molar-refractivity contribution in [3.8, 4) is 11.3 Å². The van der Waals surface area contributed by atoms with Crippen molar-refractivity contribution in [3.63, 3.8) is 0 Å². The first-order valence-electron chi connectivity index (χ1n) is 6.74. The van der Waals surface area contributed by atoms with Gasteiger partial charge in [0.25, 0.3) is 0 Å². The number of ether oxygens (including phenoxy) is 1. The molecule has 2 aromatic rings. The molecule has 1 aliphatic heterocycles. The average molecular weight is 274 g/mol. The van der Waals surface area contributed by atoms with Gasteiger partial charge in [0.1, 0.15) is 0 Å². The fraction of sp³-hybridized carbons (Fsp3) is 0.400. The predicted molar refractivity (Wildman–Crippen MR) is 79.3 cm³/mol. The third kappa shape index (κ3) is 2.96. The van der Waals surface area contributed by atoms with Gasteiger partial charge in [0.2, 0.25) is 0 Å². The number of aromatic nitrogens is 1. The molecule has 4 heteroatoms. The molecule has 3 rings (SSSR count). The molecule has 1 atom stereocenters. The van der Waals surface area contributed by atoms with Crippen LogP contribution >= 0.6 is 11.3 Å². The quantitative estimate of drug-likeness (QED) is 0.871. The smallest absolute Gasteiger partial charge is 0.0958 e. The lowest BCUT2D eigenvalue weighted by Gasteiger charge is -2.21. The highest BCUT2D eigenvalue weighted by molar-refractivity contribution is 7.09. The van der Waals surface area contributed by atoms with Crippen molar-refractivity contribution >= 4 is 17.0 Å². The van der Waals surface area contributed by atoms with Crippen molar-refractivity contribution in [1.29, 1.82) is 0 Å². The van der Waals surface area contributed by atoms with Crippen LogP contribution in [-0.2, 0) is 11.2 Å². The predicted octanol–water partition coefficient (Wildman–Crippen LogP) is 3.50. The Morgan fingerprint density at radius 2 is 2.21 bits per heavy atom. The molecule has 100 valence electrons. The van der Waals surface area contributed by atoms with Crippen LogP contribution in [0.1, 0.15) is 24.3 Å². The zero-order valence-electron chi connectivity index (χ0n) is 10.8. The Morgan fingerprint density at radius 3 is 3.00 bits per heavy atom. The van der Waals surface area contributed by atoms with Crippen LogP contribution in [0.2, 0.25) is 0 Å². The van der Waals surface area contributed by atoms with Gasteiger partial charge in [-0.1, -0.05) is 18.2 Å². The number of thiazole rings is 1. The molecule has 19 heavy (non-hydrogen) atoms. The van der Waals surface area contributed by atoms with E-state index in [9.17, 15) is 0 Å². The third-order valence-electron chi connectivity index (χ3n) is 3.46. The summed E-state index contributed by atoms with van der Waals surface area (Å²) in [4.78, 5) is 4.69. The zero-order chi connectivity index (χ0) is 13.1. The van der Waals surface area contributed by atoms with Crippen molar-refractivity contribution in [2.45, 2.75) is 31.8 Å². The maximum Gasteiger partial charge on any atom is 0.0958 e. The van der Waals surface area contributed by atoms with Gasteiger partial charge >= 0.3 is 0 Å². The molecular weight excluding hydrogens is 256 g/mol. The number of rotatable bonds is 3. The molecule has 1 aromatic carbocycles. The van der Waals surface area contributed by atoms with Gasteiger partial charge < -0.3 is 10.5 Å². The first kappa shape index (κ1) is 12.6. The Morgan fingerprint density at radius 1 is 1.32 bits per heavy atom. The molecule has 2 heterocycles. The van der Waals surface area contributed by atoms with E-state index in [1.54, 1.807) is 11.3 Å². The van der Waals surface area contributed by atoms with Crippen molar-refractivity contribution in [3.05, 3.63) is 34.7 Å². The maximum atomic E-state index is 5.99. The van der Waals surface area contributed by atoms with Gasteiger partial charge in [-0.2, -0.15) is 0 Å². The third-order valence-corrected chi connectivity index (χ3v) is 4.34. The van der Waals surface area contributed by atoms with Gasteiger partial charge in [-0.15, -0.1) is 11.3 Å². The van der Waals surface area contributed by atoms with E-state index < -0.39 is 0 Å². The second kappa shape index (κ2) is 5.72.